The van der Waals surface area contributed by atoms with E-state index in [-0.39, 0.29) is 0 Å². The van der Waals surface area contributed by atoms with Crippen LogP contribution in [0.4, 0.5) is 0 Å². The molecule has 0 N–H and O–H groups in total. The number of aryl methyl sites for hydroxylation is 1. The molecule has 0 atom stereocenters. The molecule has 3 heterocycles. The van der Waals surface area contributed by atoms with Gasteiger partial charge in [-0.1, -0.05) is 55.7 Å². The van der Waals surface area contributed by atoms with Gasteiger partial charge in [-0.3, -0.25) is 0 Å². The minimum absolute atomic E-state index is 0.687. The smallest absolute Gasteiger partial charge is 0.0581 e. The minimum Gasteiger partial charge on any atom is -0.0581 e. The van der Waals surface area contributed by atoms with Gasteiger partial charge >= 0.3 is 335 Å². The van der Waals surface area contributed by atoms with Gasteiger partial charge in [0.15, 0.2) is 0 Å². The number of hydrogen-bond donors (Lipinski definition) is 0. The first-order valence-corrected chi connectivity index (χ1v) is 27.1. The summed E-state index contributed by atoms with van der Waals surface area (Å²) in [6.07, 6.45) is 9.58. The van der Waals surface area contributed by atoms with E-state index in [1.165, 1.54) is 104 Å². The van der Waals surface area contributed by atoms with Gasteiger partial charge in [0.05, 0.1) is 0 Å². The van der Waals surface area contributed by atoms with Crippen molar-refractivity contribution in [2.24, 2.45) is 0 Å². The van der Waals surface area contributed by atoms with E-state index in [2.05, 4.69) is 258 Å². The zero-order valence-electron chi connectivity index (χ0n) is 41.1. The van der Waals surface area contributed by atoms with Crippen molar-refractivity contribution in [2.45, 2.75) is 51.4 Å². The van der Waals surface area contributed by atoms with Gasteiger partial charge in [0.2, 0.25) is 0 Å². The van der Waals surface area contributed by atoms with Crippen molar-refractivity contribution in [2.75, 3.05) is 0 Å². The van der Waals surface area contributed by atoms with Gasteiger partial charge in [-0.15, -0.1) is 0 Å². The van der Waals surface area contributed by atoms with E-state index in [1.807, 2.05) is 0 Å². The van der Waals surface area contributed by atoms with Crippen molar-refractivity contribution < 1.29 is 24.1 Å². The minimum atomic E-state index is 0.687. The predicted octanol–water partition coefficient (Wildman–Crippen LogP) is 17.7. The van der Waals surface area contributed by atoms with Crippen LogP contribution in [0.5, 0.6) is 11.5 Å². The second-order valence-electron chi connectivity index (χ2n) is 20.1. The Labute approximate surface area is 442 Å². The predicted molar refractivity (Wildman–Crippen MR) is 300 cm³/mol. The molecule has 0 unspecified atom stereocenters. The summed E-state index contributed by atoms with van der Waals surface area (Å²) >= 11 is 2.55. The number of ether oxygens (including phenoxy) is 1. The molecule has 0 amide bonds. The maximum atomic E-state index is 6.91. The molecule has 74 heavy (non-hydrogen) atoms. The van der Waals surface area contributed by atoms with E-state index < -0.39 is 0 Å². The number of benzene rings is 9. The van der Waals surface area contributed by atoms with E-state index in [1.54, 1.807) is 0 Å². The third kappa shape index (κ3) is 7.55. The molecule has 5 nitrogen and oxygen atoms in total. The molecule has 0 spiro atoms. The molecule has 6 heteroatoms. The van der Waals surface area contributed by atoms with Crippen LogP contribution in [-0.2, 0) is 25.8 Å². The van der Waals surface area contributed by atoms with Gasteiger partial charge < -0.3 is 0 Å². The molecule has 360 valence electrons. The van der Waals surface area contributed by atoms with Crippen LogP contribution in [-0.4, -0.2) is 18.7 Å². The number of fused-ring (bicyclic) bond motifs is 7. The van der Waals surface area contributed by atoms with Crippen LogP contribution in [0.1, 0.15) is 60.3 Å². The van der Waals surface area contributed by atoms with Crippen molar-refractivity contribution in [3.8, 4) is 73.2 Å². The fourth-order valence-electron chi connectivity index (χ4n) is 12.2. The van der Waals surface area contributed by atoms with Gasteiger partial charge in [-0.2, -0.15) is 0 Å². The molecule has 9 aromatic carbocycles. The Hall–Kier alpha value is -8.11. The third-order valence-corrected chi connectivity index (χ3v) is 16.8. The quantitative estimate of drug-likeness (QED) is 0.144. The van der Waals surface area contributed by atoms with Gasteiger partial charge in [-0.25, -0.2) is 0 Å². The second kappa shape index (κ2) is 18.4. The first-order valence-electron chi connectivity index (χ1n) is 26.0. The average Bonchev–Trinajstić information content (AvgIpc) is 4.09. The number of rotatable bonds is 9. The second-order valence-corrected chi connectivity index (χ2v) is 21.1. The first-order chi connectivity index (χ1) is 36.5. The van der Waals surface area contributed by atoms with Crippen LogP contribution in [0.25, 0.3) is 94.5 Å². The number of para-hydroxylation sites is 3. The molecule has 1 saturated carbocycles. The van der Waals surface area contributed by atoms with E-state index in [9.17, 15) is 0 Å². The average molecular weight is 1140 g/mol. The van der Waals surface area contributed by atoms with E-state index in [4.69, 9.17) is 9.72 Å². The zero-order valence-corrected chi connectivity index (χ0v) is 43.4. The number of nitrogens with zero attached hydrogens (tertiary/aromatic N) is 4. The summed E-state index contributed by atoms with van der Waals surface area (Å²) in [5, 5.41) is 2.33. The third-order valence-electron chi connectivity index (χ3n) is 15.7. The summed E-state index contributed by atoms with van der Waals surface area (Å²) < 4.78 is 15.1. The first kappa shape index (κ1) is 44.6. The topological polar surface area (TPSA) is 36.9 Å². The van der Waals surface area contributed by atoms with Crippen LogP contribution in [0.3, 0.4) is 0 Å². The maximum absolute atomic E-state index is 6.91. The number of aromatic nitrogens is 4. The van der Waals surface area contributed by atoms with Crippen LogP contribution in [0.2, 0.25) is 0 Å². The van der Waals surface area contributed by atoms with E-state index in [0.717, 1.165) is 66.2 Å². The molecule has 2 aliphatic rings. The summed E-state index contributed by atoms with van der Waals surface area (Å²) in [6, 6.07) is 77.1. The zero-order chi connectivity index (χ0) is 49.3. The Kier molecular flexibility index (Phi) is 11.1. The van der Waals surface area contributed by atoms with Gasteiger partial charge in [0.1, 0.15) is 0 Å². The van der Waals surface area contributed by atoms with E-state index in [0.29, 0.717) is 5.92 Å². The van der Waals surface area contributed by atoms with Crippen molar-refractivity contribution in [1.29, 1.82) is 0 Å². The Morgan fingerprint density at radius 2 is 1.15 bits per heavy atom. The summed E-state index contributed by atoms with van der Waals surface area (Å²) in [6.45, 7) is 2.21. The molecule has 1 fully saturated rings. The number of hydrogen-bond acceptors (Lipinski definition) is 2. The Bertz CT molecular complexity index is 4200. The summed E-state index contributed by atoms with van der Waals surface area (Å²) in [7, 11) is 0. The Balaban J connectivity index is 0.865. The Morgan fingerprint density at radius 1 is 0.486 bits per heavy atom. The molecule has 0 aliphatic heterocycles. The van der Waals surface area contributed by atoms with Crippen LogP contribution < -0.4 is 4.74 Å². The fraction of sp³-hybridized carbons (Fsp3) is 0.118. The van der Waals surface area contributed by atoms with E-state index >= 15 is 0 Å². The van der Waals surface area contributed by atoms with Crippen molar-refractivity contribution in [1.82, 2.24) is 18.7 Å². The standard InChI is InChI=1S/C68H52N4O.Pt/c1-45-38-66(69-43-61(45)49-34-32-47(33-35-49)46-18-5-2-6-19-46)72-62-29-14-13-28-56(62)57-37-36-54(41-65(57)72)73-53-26-17-25-52(40-53)70-44-71(64-31-16-15-30-63(64)70)68-58(48-20-7-3-8-21-48)42-59-55-27-12-11-24-51(55)39-60(59)67(68)50-22-9-4-10-23-50;/h3-4,7-17,20-38,40-43,46H,2,5-6,18-19,39H2,1H3;. The number of pyridine rings is 1. The molecule has 2 aliphatic carbocycles. The Morgan fingerprint density at radius 3 is 1.93 bits per heavy atom. The SMILES string of the molecule is Cc1cc(-n2c3ccccc3c3ccc(Oc4cccc(-n5[c](=[Pt])n(-c6c(-c7ccccc7)cc7c(c6-c6ccccc6)Cc6ccccc6-7)c6ccccc65)c4)cc32)ncc1-c1ccc(C2CCCCC2)cc1. The van der Waals surface area contributed by atoms with Crippen molar-refractivity contribution >= 4 is 32.8 Å². The van der Waals surface area contributed by atoms with Gasteiger partial charge in [0.25, 0.3) is 0 Å². The molecule has 0 bridgehead atoms. The summed E-state index contributed by atoms with van der Waals surface area (Å²) in [5.41, 5.74) is 21.8. The molecule has 3 aromatic heterocycles. The molecular formula is C68H52N4OPt. The molecule has 14 rings (SSSR count). The number of imidazole rings is 1. The van der Waals surface area contributed by atoms with Crippen molar-refractivity contribution in [3.05, 3.63) is 245 Å². The monoisotopic (exact) mass is 1140 g/mol. The molecule has 12 aromatic rings. The van der Waals surface area contributed by atoms with Crippen LogP contribution in [0.15, 0.2) is 219 Å². The van der Waals surface area contributed by atoms with Crippen LogP contribution >= 0.6 is 0 Å². The molecule has 0 saturated heterocycles. The molecular weight excluding hydrogens is 1080 g/mol. The van der Waals surface area contributed by atoms with Gasteiger partial charge in [-0.05, 0) is 42.4 Å². The van der Waals surface area contributed by atoms with Crippen molar-refractivity contribution in [3.63, 3.8) is 0 Å². The van der Waals surface area contributed by atoms with Gasteiger partial charge in [0, 0.05) is 11.8 Å². The fourth-order valence-corrected chi connectivity index (χ4v) is 13.3. The van der Waals surface area contributed by atoms with Crippen LogP contribution in [0, 0.1) is 10.7 Å². The summed E-state index contributed by atoms with van der Waals surface area (Å²) in [4.78, 5) is 5.17. The molecule has 0 radical (unpaired) electrons. The summed E-state index contributed by atoms with van der Waals surface area (Å²) in [5.74, 6) is 3.08. The normalized spacial score (nSPS) is 13.4.